The van der Waals surface area contributed by atoms with Crippen LogP contribution < -0.4 is 4.74 Å². The molecule has 1 N–H and O–H groups in total. The number of benzene rings is 1. The Bertz CT molecular complexity index is 390. The lowest BCUT2D eigenvalue weighted by Crippen LogP contribution is -2.24. The number of hydrogen-bond donors (Lipinski definition) is 1. The van der Waals surface area contributed by atoms with Crippen molar-refractivity contribution in [3.8, 4) is 11.5 Å². The summed E-state index contributed by atoms with van der Waals surface area (Å²) in [5.74, 6) is 0.395. The maximum atomic E-state index is 10.7. The molecule has 0 aliphatic carbocycles. The Hall–Kier alpha value is -1.07. The topological polar surface area (TPSA) is 55.8 Å². The number of carbonyl (C=O) groups is 1. The third-order valence-electron chi connectivity index (χ3n) is 2.60. The molecule has 2 rings (SSSR count). The maximum absolute atomic E-state index is 10.7. The number of hydrogen-bond acceptors (Lipinski definition) is 4. The number of ether oxygens (including phenoxy) is 2. The van der Waals surface area contributed by atoms with E-state index in [0.29, 0.717) is 23.1 Å². The summed E-state index contributed by atoms with van der Waals surface area (Å²) in [4.78, 5) is 10.7. The van der Waals surface area contributed by atoms with Gasteiger partial charge in [-0.3, -0.25) is 4.79 Å². The van der Waals surface area contributed by atoms with E-state index in [0.717, 1.165) is 19.3 Å². The molecular formula is C12H13BrO4. The number of carbonyl (C=O) groups excluding carboxylic acids is 1. The van der Waals surface area contributed by atoms with Crippen molar-refractivity contribution in [1.82, 2.24) is 0 Å². The van der Waals surface area contributed by atoms with Crippen molar-refractivity contribution in [3.05, 3.63) is 22.2 Å². The van der Waals surface area contributed by atoms with Crippen molar-refractivity contribution in [1.29, 1.82) is 0 Å². The lowest BCUT2D eigenvalue weighted by Gasteiger charge is -2.23. The number of aldehydes is 1. The quantitative estimate of drug-likeness (QED) is 0.872. The molecule has 1 aromatic rings. The maximum Gasteiger partial charge on any atom is 0.199 e. The lowest BCUT2D eigenvalue weighted by atomic mass is 10.2. The zero-order valence-electron chi connectivity index (χ0n) is 9.19. The highest BCUT2D eigenvalue weighted by Crippen LogP contribution is 2.31. The standard InChI is InChI=1S/C12H13BrO4/c13-10-5-8(6-11(15)9(10)7-14)17-12-3-1-2-4-16-12/h5-7,12,15H,1-4H2. The minimum atomic E-state index is -0.267. The molecule has 0 aromatic heterocycles. The van der Waals surface area contributed by atoms with Crippen molar-refractivity contribution in [3.63, 3.8) is 0 Å². The first-order chi connectivity index (χ1) is 8.20. The van der Waals surface area contributed by atoms with E-state index in [-0.39, 0.29) is 17.6 Å². The van der Waals surface area contributed by atoms with Crippen molar-refractivity contribution in [2.24, 2.45) is 0 Å². The van der Waals surface area contributed by atoms with Gasteiger partial charge in [-0.25, -0.2) is 0 Å². The van der Waals surface area contributed by atoms with E-state index < -0.39 is 0 Å². The van der Waals surface area contributed by atoms with Gasteiger partial charge in [0.05, 0.1) is 12.2 Å². The molecule has 1 heterocycles. The first kappa shape index (κ1) is 12.4. The van der Waals surface area contributed by atoms with Gasteiger partial charge in [-0.1, -0.05) is 0 Å². The SMILES string of the molecule is O=Cc1c(O)cc(OC2CCCCO2)cc1Br. The van der Waals surface area contributed by atoms with E-state index in [1.165, 1.54) is 6.07 Å². The fourth-order valence-electron chi connectivity index (χ4n) is 1.72. The average Bonchev–Trinajstić information content (AvgIpc) is 2.30. The van der Waals surface area contributed by atoms with Crippen LogP contribution in [0.25, 0.3) is 0 Å². The van der Waals surface area contributed by atoms with Crippen molar-refractivity contribution >= 4 is 22.2 Å². The van der Waals surface area contributed by atoms with Crippen LogP contribution in [0, 0.1) is 0 Å². The molecule has 5 heteroatoms. The Kier molecular flexibility index (Phi) is 4.02. The highest BCUT2D eigenvalue weighted by atomic mass is 79.9. The largest absolute Gasteiger partial charge is 0.507 e. The Labute approximate surface area is 108 Å². The van der Waals surface area contributed by atoms with Gasteiger partial charge in [-0.15, -0.1) is 0 Å². The molecular weight excluding hydrogens is 288 g/mol. The summed E-state index contributed by atoms with van der Waals surface area (Å²) in [6.45, 7) is 0.699. The predicted octanol–water partition coefficient (Wildman–Crippen LogP) is 2.87. The lowest BCUT2D eigenvalue weighted by molar-refractivity contribution is -0.105. The Morgan fingerprint density at radius 1 is 1.47 bits per heavy atom. The molecule has 0 radical (unpaired) electrons. The Morgan fingerprint density at radius 2 is 2.29 bits per heavy atom. The summed E-state index contributed by atoms with van der Waals surface area (Å²) in [7, 11) is 0. The van der Waals surface area contributed by atoms with Gasteiger partial charge in [0, 0.05) is 17.0 Å². The van der Waals surface area contributed by atoms with E-state index in [9.17, 15) is 9.90 Å². The number of phenolic OH excluding ortho intramolecular Hbond substituents is 1. The van der Waals surface area contributed by atoms with E-state index in [1.54, 1.807) is 6.07 Å². The summed E-state index contributed by atoms with van der Waals surface area (Å²) in [5.41, 5.74) is 0.224. The molecule has 1 unspecified atom stereocenters. The van der Waals surface area contributed by atoms with Crippen LogP contribution in [0.1, 0.15) is 29.6 Å². The normalized spacial score (nSPS) is 19.9. The van der Waals surface area contributed by atoms with Crippen LogP contribution in [0.4, 0.5) is 0 Å². The molecule has 0 saturated carbocycles. The molecule has 1 fully saturated rings. The fraction of sp³-hybridized carbons (Fsp3) is 0.417. The van der Waals surface area contributed by atoms with Gasteiger partial charge in [0.15, 0.2) is 12.6 Å². The highest BCUT2D eigenvalue weighted by Gasteiger charge is 2.16. The molecule has 0 bridgehead atoms. The third kappa shape index (κ3) is 2.98. The number of phenols is 1. The molecule has 0 amide bonds. The summed E-state index contributed by atoms with van der Waals surface area (Å²) in [5, 5.41) is 9.62. The van der Waals surface area contributed by atoms with Crippen molar-refractivity contribution in [2.45, 2.75) is 25.6 Å². The second kappa shape index (κ2) is 5.51. The zero-order valence-corrected chi connectivity index (χ0v) is 10.8. The van der Waals surface area contributed by atoms with Crippen molar-refractivity contribution in [2.75, 3.05) is 6.61 Å². The molecule has 1 aromatic carbocycles. The second-order valence-corrected chi connectivity index (χ2v) is 4.72. The van der Waals surface area contributed by atoms with Crippen LogP contribution >= 0.6 is 15.9 Å². The first-order valence-electron chi connectivity index (χ1n) is 5.46. The van der Waals surface area contributed by atoms with Gasteiger partial charge >= 0.3 is 0 Å². The molecule has 0 spiro atoms. The highest BCUT2D eigenvalue weighted by molar-refractivity contribution is 9.10. The first-order valence-corrected chi connectivity index (χ1v) is 6.26. The second-order valence-electron chi connectivity index (χ2n) is 3.87. The van der Waals surface area contributed by atoms with Gasteiger partial charge in [-0.05, 0) is 34.8 Å². The molecule has 1 aliphatic rings. The minimum Gasteiger partial charge on any atom is -0.507 e. The molecule has 1 aliphatic heterocycles. The molecule has 4 nitrogen and oxygen atoms in total. The Morgan fingerprint density at radius 3 is 2.88 bits per heavy atom. The smallest absolute Gasteiger partial charge is 0.199 e. The summed E-state index contributed by atoms with van der Waals surface area (Å²) >= 11 is 3.21. The van der Waals surface area contributed by atoms with Crippen LogP contribution in [-0.2, 0) is 4.74 Å². The molecule has 1 saturated heterocycles. The van der Waals surface area contributed by atoms with E-state index in [4.69, 9.17) is 9.47 Å². The van der Waals surface area contributed by atoms with Gasteiger partial charge in [0.25, 0.3) is 0 Å². The van der Waals surface area contributed by atoms with Gasteiger partial charge in [0.1, 0.15) is 11.5 Å². The van der Waals surface area contributed by atoms with Crippen LogP contribution in [0.3, 0.4) is 0 Å². The minimum absolute atomic E-state index is 0.0971. The monoisotopic (exact) mass is 300 g/mol. The number of halogens is 1. The van der Waals surface area contributed by atoms with E-state index in [2.05, 4.69) is 15.9 Å². The summed E-state index contributed by atoms with van der Waals surface area (Å²) < 4.78 is 11.5. The van der Waals surface area contributed by atoms with E-state index >= 15 is 0 Å². The molecule has 1 atom stereocenters. The summed E-state index contributed by atoms with van der Waals surface area (Å²) in [6.07, 6.45) is 3.30. The zero-order chi connectivity index (χ0) is 12.3. The average molecular weight is 301 g/mol. The Balaban J connectivity index is 2.13. The number of aromatic hydroxyl groups is 1. The van der Waals surface area contributed by atoms with Crippen LogP contribution in [0.15, 0.2) is 16.6 Å². The fourth-order valence-corrected chi connectivity index (χ4v) is 2.24. The number of rotatable bonds is 3. The third-order valence-corrected chi connectivity index (χ3v) is 3.26. The van der Waals surface area contributed by atoms with Gasteiger partial charge < -0.3 is 14.6 Å². The molecule has 92 valence electrons. The summed E-state index contributed by atoms with van der Waals surface area (Å²) in [6, 6.07) is 3.08. The molecule has 17 heavy (non-hydrogen) atoms. The van der Waals surface area contributed by atoms with Crippen molar-refractivity contribution < 1.29 is 19.4 Å². The van der Waals surface area contributed by atoms with E-state index in [1.807, 2.05) is 0 Å². The van der Waals surface area contributed by atoms with Gasteiger partial charge in [-0.2, -0.15) is 0 Å². The van der Waals surface area contributed by atoms with Crippen LogP contribution in [-0.4, -0.2) is 24.3 Å². The predicted molar refractivity (Wildman–Crippen MR) is 65.4 cm³/mol. The van der Waals surface area contributed by atoms with Gasteiger partial charge in [0.2, 0.25) is 0 Å². The van der Waals surface area contributed by atoms with Crippen LogP contribution in [0.5, 0.6) is 11.5 Å². The van der Waals surface area contributed by atoms with Crippen LogP contribution in [0.2, 0.25) is 0 Å².